The molecule has 0 radical (unpaired) electrons. The molecule has 0 saturated heterocycles. The van der Waals surface area contributed by atoms with Gasteiger partial charge in [-0.2, -0.15) is 0 Å². The second kappa shape index (κ2) is 6.92. The maximum absolute atomic E-state index is 8.65. The Balaban J connectivity index is 1.80. The second-order valence-electron chi connectivity index (χ2n) is 6.33. The van der Waals surface area contributed by atoms with Gasteiger partial charge >= 0.3 is 0 Å². The highest BCUT2D eigenvalue weighted by Crippen LogP contribution is 2.36. The summed E-state index contributed by atoms with van der Waals surface area (Å²) in [7, 11) is 0. The predicted octanol–water partition coefficient (Wildman–Crippen LogP) is 3.52. The Bertz CT molecular complexity index is 466. The molecule has 1 aliphatic carbocycles. The van der Waals surface area contributed by atoms with E-state index in [2.05, 4.69) is 25.7 Å². The van der Waals surface area contributed by atoms with Crippen molar-refractivity contribution in [2.45, 2.75) is 52.2 Å². The minimum atomic E-state index is -0.0944. The predicted molar refractivity (Wildman–Crippen MR) is 81.2 cm³/mol. The number of aliphatic hydroxyl groups is 1. The van der Waals surface area contributed by atoms with E-state index in [0.29, 0.717) is 18.1 Å². The number of hydrogen-bond acceptors (Lipinski definition) is 2. The fourth-order valence-corrected chi connectivity index (χ4v) is 2.58. The molecule has 1 saturated carbocycles. The van der Waals surface area contributed by atoms with E-state index in [9.17, 15) is 0 Å². The van der Waals surface area contributed by atoms with Crippen LogP contribution >= 0.6 is 0 Å². The molecule has 0 amide bonds. The van der Waals surface area contributed by atoms with Gasteiger partial charge in [0.2, 0.25) is 0 Å². The summed E-state index contributed by atoms with van der Waals surface area (Å²) in [5.41, 5.74) is 2.61. The van der Waals surface area contributed by atoms with Crippen molar-refractivity contribution in [2.24, 2.45) is 5.41 Å². The van der Waals surface area contributed by atoms with E-state index < -0.39 is 0 Å². The van der Waals surface area contributed by atoms with E-state index in [0.717, 1.165) is 5.56 Å². The number of benzene rings is 1. The molecule has 20 heavy (non-hydrogen) atoms. The lowest BCUT2D eigenvalue weighted by molar-refractivity contribution is -0.00558. The van der Waals surface area contributed by atoms with Crippen molar-refractivity contribution in [3.8, 4) is 11.8 Å². The molecule has 2 rings (SSSR count). The molecule has 2 heteroatoms. The zero-order valence-electron chi connectivity index (χ0n) is 12.5. The van der Waals surface area contributed by atoms with E-state index in [1.807, 2.05) is 24.3 Å². The van der Waals surface area contributed by atoms with E-state index in [4.69, 9.17) is 9.84 Å². The molecule has 1 N–H and O–H groups in total. The minimum Gasteiger partial charge on any atom is -0.384 e. The summed E-state index contributed by atoms with van der Waals surface area (Å²) in [5, 5.41) is 8.65. The smallest absolute Gasteiger partial charge is 0.104 e. The monoisotopic (exact) mass is 272 g/mol. The first kappa shape index (κ1) is 15.1. The minimum absolute atomic E-state index is 0.0944. The quantitative estimate of drug-likeness (QED) is 0.853. The lowest BCUT2D eigenvalue weighted by Gasteiger charge is -2.34. The highest BCUT2D eigenvalue weighted by Gasteiger charge is 2.26. The molecule has 0 aromatic heterocycles. The van der Waals surface area contributed by atoms with Crippen LogP contribution in [0.1, 0.15) is 50.7 Å². The molecule has 1 fully saturated rings. The first-order valence-electron chi connectivity index (χ1n) is 7.39. The summed E-state index contributed by atoms with van der Waals surface area (Å²) in [6.45, 7) is 5.27. The Labute approximate surface area is 122 Å². The molecule has 0 spiro atoms. The SMILES string of the molecule is CC1(C)CCC(OCc2ccc(C#CCO)cc2)CC1. The van der Waals surface area contributed by atoms with Crippen LogP contribution in [0.5, 0.6) is 0 Å². The first-order valence-corrected chi connectivity index (χ1v) is 7.39. The zero-order valence-corrected chi connectivity index (χ0v) is 12.5. The van der Waals surface area contributed by atoms with Gasteiger partial charge in [0.15, 0.2) is 0 Å². The van der Waals surface area contributed by atoms with E-state index >= 15 is 0 Å². The van der Waals surface area contributed by atoms with E-state index in [-0.39, 0.29) is 6.61 Å². The van der Waals surface area contributed by atoms with Gasteiger partial charge in [0.1, 0.15) is 6.61 Å². The molecule has 108 valence electrons. The molecule has 0 aliphatic heterocycles. The van der Waals surface area contributed by atoms with Gasteiger partial charge < -0.3 is 9.84 Å². The van der Waals surface area contributed by atoms with Crippen molar-refractivity contribution in [3.63, 3.8) is 0 Å². The van der Waals surface area contributed by atoms with Crippen molar-refractivity contribution in [3.05, 3.63) is 35.4 Å². The summed E-state index contributed by atoms with van der Waals surface area (Å²) in [4.78, 5) is 0. The third kappa shape index (κ3) is 4.67. The van der Waals surface area contributed by atoms with Crippen molar-refractivity contribution < 1.29 is 9.84 Å². The molecule has 1 aromatic carbocycles. The van der Waals surface area contributed by atoms with Gasteiger partial charge in [0.05, 0.1) is 12.7 Å². The van der Waals surface area contributed by atoms with Gasteiger partial charge in [-0.15, -0.1) is 0 Å². The molecule has 0 heterocycles. The third-order valence-electron chi connectivity index (χ3n) is 4.04. The van der Waals surface area contributed by atoms with Crippen molar-refractivity contribution >= 4 is 0 Å². The van der Waals surface area contributed by atoms with Crippen LogP contribution < -0.4 is 0 Å². The Morgan fingerprint density at radius 1 is 1.20 bits per heavy atom. The van der Waals surface area contributed by atoms with E-state index in [1.54, 1.807) is 0 Å². The fraction of sp³-hybridized carbons (Fsp3) is 0.556. The van der Waals surface area contributed by atoms with Gasteiger partial charge in [0, 0.05) is 5.56 Å². The molecule has 0 atom stereocenters. The molecule has 1 aliphatic rings. The molecular formula is C18H24O2. The normalized spacial score (nSPS) is 18.4. The molecular weight excluding hydrogens is 248 g/mol. The van der Waals surface area contributed by atoms with Gasteiger partial charge in [0.25, 0.3) is 0 Å². The Kier molecular flexibility index (Phi) is 5.23. The van der Waals surface area contributed by atoms with Gasteiger partial charge in [-0.1, -0.05) is 37.8 Å². The number of rotatable bonds is 3. The highest BCUT2D eigenvalue weighted by atomic mass is 16.5. The van der Waals surface area contributed by atoms with E-state index in [1.165, 1.54) is 31.2 Å². The van der Waals surface area contributed by atoms with Crippen LogP contribution in [-0.2, 0) is 11.3 Å². The lowest BCUT2D eigenvalue weighted by Crippen LogP contribution is -2.26. The summed E-state index contributed by atoms with van der Waals surface area (Å²) in [5.74, 6) is 5.54. The Morgan fingerprint density at radius 2 is 1.85 bits per heavy atom. The fourth-order valence-electron chi connectivity index (χ4n) is 2.58. The van der Waals surface area contributed by atoms with Crippen LogP contribution in [0.2, 0.25) is 0 Å². The van der Waals surface area contributed by atoms with Crippen molar-refractivity contribution in [2.75, 3.05) is 6.61 Å². The van der Waals surface area contributed by atoms with Crippen LogP contribution in [0, 0.1) is 17.3 Å². The van der Waals surface area contributed by atoms with Crippen molar-refractivity contribution in [1.29, 1.82) is 0 Å². The summed E-state index contributed by atoms with van der Waals surface area (Å²) in [6, 6.07) is 8.05. The summed E-state index contributed by atoms with van der Waals surface area (Å²) in [6.07, 6.45) is 5.28. The average molecular weight is 272 g/mol. The zero-order chi connectivity index (χ0) is 14.4. The average Bonchev–Trinajstić information content (AvgIpc) is 2.45. The molecule has 0 unspecified atom stereocenters. The van der Waals surface area contributed by atoms with Crippen molar-refractivity contribution in [1.82, 2.24) is 0 Å². The van der Waals surface area contributed by atoms with Crippen LogP contribution in [0.25, 0.3) is 0 Å². The largest absolute Gasteiger partial charge is 0.384 e. The van der Waals surface area contributed by atoms with Crippen LogP contribution in [0.15, 0.2) is 24.3 Å². The topological polar surface area (TPSA) is 29.5 Å². The highest BCUT2D eigenvalue weighted by molar-refractivity contribution is 5.36. The van der Waals surface area contributed by atoms with Gasteiger partial charge in [-0.3, -0.25) is 0 Å². The summed E-state index contributed by atoms with van der Waals surface area (Å²) < 4.78 is 6.01. The lowest BCUT2D eigenvalue weighted by atomic mass is 9.76. The van der Waals surface area contributed by atoms with Crippen LogP contribution in [0.3, 0.4) is 0 Å². The van der Waals surface area contributed by atoms with Crippen LogP contribution in [-0.4, -0.2) is 17.8 Å². The standard InChI is InChI=1S/C18H24O2/c1-18(2)11-9-17(10-12-18)20-14-16-7-5-15(6-8-16)4-3-13-19/h5-8,17,19H,9-14H2,1-2H3. The Morgan fingerprint density at radius 3 is 2.45 bits per heavy atom. The summed E-state index contributed by atoms with van der Waals surface area (Å²) >= 11 is 0. The second-order valence-corrected chi connectivity index (χ2v) is 6.33. The van der Waals surface area contributed by atoms with Gasteiger partial charge in [-0.05, 0) is 48.8 Å². The molecule has 1 aromatic rings. The third-order valence-corrected chi connectivity index (χ3v) is 4.04. The number of hydrogen-bond donors (Lipinski definition) is 1. The number of ether oxygens (including phenoxy) is 1. The molecule has 2 nitrogen and oxygen atoms in total. The van der Waals surface area contributed by atoms with Gasteiger partial charge in [-0.25, -0.2) is 0 Å². The Hall–Kier alpha value is -1.30. The van der Waals surface area contributed by atoms with Crippen LogP contribution in [0.4, 0.5) is 0 Å². The first-order chi connectivity index (χ1) is 9.59. The maximum atomic E-state index is 8.65. The molecule has 0 bridgehead atoms. The maximum Gasteiger partial charge on any atom is 0.104 e. The number of aliphatic hydroxyl groups excluding tert-OH is 1.